The number of nitrogens with zero attached hydrogens (tertiary/aromatic N) is 3. The third kappa shape index (κ3) is 3.73. The zero-order valence-electron chi connectivity index (χ0n) is 17.1. The molecule has 8 heteroatoms. The molecule has 3 aliphatic heterocycles. The molecule has 1 aromatic carbocycles. The van der Waals surface area contributed by atoms with E-state index in [1.807, 2.05) is 6.08 Å². The van der Waals surface area contributed by atoms with Crippen LogP contribution in [0.1, 0.15) is 43.2 Å². The number of fused-ring (bicyclic) bond motifs is 3. The van der Waals surface area contributed by atoms with Gasteiger partial charge in [-0.25, -0.2) is 0 Å². The summed E-state index contributed by atoms with van der Waals surface area (Å²) in [6.45, 7) is 0. The molecule has 4 aliphatic rings. The predicted molar refractivity (Wildman–Crippen MR) is 113 cm³/mol. The van der Waals surface area contributed by atoms with E-state index >= 15 is 0 Å². The minimum absolute atomic E-state index is 0.107. The van der Waals surface area contributed by atoms with E-state index in [-0.39, 0.29) is 17.7 Å². The number of piperidine rings is 1. The van der Waals surface area contributed by atoms with Gasteiger partial charge in [-0.3, -0.25) is 4.79 Å². The number of hydrogen-bond donors (Lipinski definition) is 1. The molecule has 2 atom stereocenters. The smallest absolute Gasteiger partial charge is 0.348 e. The van der Waals surface area contributed by atoms with Gasteiger partial charge in [0, 0.05) is 30.1 Å². The summed E-state index contributed by atoms with van der Waals surface area (Å²) in [5, 5.41) is 11.4. The number of amides is 1. The molecule has 162 valence electrons. The Kier molecular flexibility index (Phi) is 4.84. The first-order chi connectivity index (χ1) is 14.8. The predicted octanol–water partition coefficient (Wildman–Crippen LogP) is 3.97. The van der Waals surface area contributed by atoms with Crippen molar-refractivity contribution in [2.24, 2.45) is 10.2 Å². The lowest BCUT2D eigenvalue weighted by Gasteiger charge is -2.36. The molecule has 0 aromatic heterocycles. The van der Waals surface area contributed by atoms with Crippen molar-refractivity contribution in [3.63, 3.8) is 0 Å². The minimum Gasteiger partial charge on any atom is -0.348 e. The number of hydrogen-bond acceptors (Lipinski definition) is 4. The van der Waals surface area contributed by atoms with Crippen LogP contribution in [-0.2, 0) is 11.0 Å². The Labute approximate surface area is 178 Å². The SMILES string of the molecule is CN1C2CCC1CC(NC(=O)C1=NN=C3CC=C(c4cccc(C(F)(F)F)c4)C=C31)C2. The van der Waals surface area contributed by atoms with Crippen LogP contribution in [0.5, 0.6) is 0 Å². The molecule has 1 aliphatic carbocycles. The average Bonchev–Trinajstić information content (AvgIpc) is 3.24. The van der Waals surface area contributed by atoms with Gasteiger partial charge < -0.3 is 10.2 Å². The Hall–Kier alpha value is -2.74. The van der Waals surface area contributed by atoms with Crippen LogP contribution in [0, 0.1) is 0 Å². The van der Waals surface area contributed by atoms with Gasteiger partial charge in [0.25, 0.3) is 5.91 Å². The molecule has 5 nitrogen and oxygen atoms in total. The average molecular weight is 428 g/mol. The summed E-state index contributed by atoms with van der Waals surface area (Å²) < 4.78 is 39.3. The highest BCUT2D eigenvalue weighted by Crippen LogP contribution is 2.35. The zero-order chi connectivity index (χ0) is 21.8. The fraction of sp³-hybridized carbons (Fsp3) is 0.435. The maximum absolute atomic E-state index is 13.1. The van der Waals surface area contributed by atoms with Crippen molar-refractivity contribution < 1.29 is 18.0 Å². The topological polar surface area (TPSA) is 57.1 Å². The van der Waals surface area contributed by atoms with Gasteiger partial charge in [0.2, 0.25) is 0 Å². The third-order valence-corrected chi connectivity index (χ3v) is 6.82. The molecule has 2 fully saturated rings. The zero-order valence-corrected chi connectivity index (χ0v) is 17.1. The van der Waals surface area contributed by atoms with Gasteiger partial charge >= 0.3 is 6.18 Å². The molecule has 2 unspecified atom stereocenters. The van der Waals surface area contributed by atoms with Gasteiger partial charge in [-0.2, -0.15) is 18.3 Å². The van der Waals surface area contributed by atoms with Gasteiger partial charge in [-0.1, -0.05) is 18.2 Å². The summed E-state index contributed by atoms with van der Waals surface area (Å²) in [4.78, 5) is 15.4. The van der Waals surface area contributed by atoms with E-state index in [0.29, 0.717) is 40.9 Å². The van der Waals surface area contributed by atoms with Crippen LogP contribution in [0.3, 0.4) is 0 Å². The number of alkyl halides is 3. The van der Waals surface area contributed by atoms with E-state index in [0.717, 1.165) is 37.8 Å². The Bertz CT molecular complexity index is 1040. The van der Waals surface area contributed by atoms with E-state index in [4.69, 9.17) is 0 Å². The van der Waals surface area contributed by atoms with E-state index in [1.165, 1.54) is 6.07 Å². The van der Waals surface area contributed by atoms with Crippen molar-refractivity contribution in [3.8, 4) is 0 Å². The van der Waals surface area contributed by atoms with E-state index in [2.05, 4.69) is 27.5 Å². The minimum atomic E-state index is -4.40. The highest BCUT2D eigenvalue weighted by molar-refractivity contribution is 6.53. The second-order valence-electron chi connectivity index (χ2n) is 8.69. The first-order valence-electron chi connectivity index (χ1n) is 10.6. The molecule has 0 saturated carbocycles. The summed E-state index contributed by atoms with van der Waals surface area (Å²) in [6.07, 6.45) is 3.75. The molecule has 2 bridgehead atoms. The molecule has 31 heavy (non-hydrogen) atoms. The van der Waals surface area contributed by atoms with Crippen molar-refractivity contribution in [2.75, 3.05) is 7.05 Å². The summed E-state index contributed by atoms with van der Waals surface area (Å²) in [5.74, 6) is -0.260. The largest absolute Gasteiger partial charge is 0.416 e. The lowest BCUT2D eigenvalue weighted by atomic mass is 9.90. The fourth-order valence-corrected chi connectivity index (χ4v) is 5.11. The van der Waals surface area contributed by atoms with Crippen molar-refractivity contribution in [3.05, 3.63) is 53.1 Å². The van der Waals surface area contributed by atoms with Gasteiger partial charge in [-0.15, -0.1) is 5.10 Å². The van der Waals surface area contributed by atoms with Crippen molar-refractivity contribution in [1.82, 2.24) is 10.2 Å². The Morgan fingerprint density at radius 3 is 2.61 bits per heavy atom. The van der Waals surface area contributed by atoms with Crippen molar-refractivity contribution >= 4 is 22.9 Å². The highest BCUT2D eigenvalue weighted by atomic mass is 19.4. The van der Waals surface area contributed by atoms with Gasteiger partial charge in [0.1, 0.15) is 0 Å². The van der Waals surface area contributed by atoms with E-state index in [9.17, 15) is 18.0 Å². The van der Waals surface area contributed by atoms with Crippen LogP contribution in [-0.4, -0.2) is 47.4 Å². The monoisotopic (exact) mass is 428 g/mol. The summed E-state index contributed by atoms with van der Waals surface area (Å²) in [5.41, 5.74) is 1.92. The molecule has 1 aromatic rings. The third-order valence-electron chi connectivity index (χ3n) is 6.82. The molecular formula is C23H23F3N4O. The molecule has 3 heterocycles. The maximum Gasteiger partial charge on any atom is 0.416 e. The number of rotatable bonds is 3. The number of halogens is 3. The van der Waals surface area contributed by atoms with E-state index < -0.39 is 11.7 Å². The number of allylic oxidation sites excluding steroid dienone is 3. The normalized spacial score (nSPS) is 27.8. The Morgan fingerprint density at radius 1 is 1.16 bits per heavy atom. The fourth-order valence-electron chi connectivity index (χ4n) is 5.11. The molecule has 1 amide bonds. The number of benzene rings is 1. The van der Waals surface area contributed by atoms with Crippen LogP contribution in [0.25, 0.3) is 5.57 Å². The number of nitrogens with one attached hydrogen (secondary N) is 1. The van der Waals surface area contributed by atoms with E-state index in [1.54, 1.807) is 12.1 Å². The molecule has 2 saturated heterocycles. The Balaban J connectivity index is 1.33. The molecule has 5 rings (SSSR count). The highest BCUT2D eigenvalue weighted by Gasteiger charge is 2.40. The van der Waals surface area contributed by atoms with Crippen LogP contribution in [0.15, 0.2) is 52.2 Å². The van der Waals surface area contributed by atoms with Gasteiger partial charge in [0.15, 0.2) is 5.71 Å². The molecule has 0 radical (unpaired) electrons. The summed E-state index contributed by atoms with van der Waals surface area (Å²) in [6, 6.07) is 6.33. The second-order valence-corrected chi connectivity index (χ2v) is 8.69. The standard InChI is InChI=1S/C23H23F3N4O/c1-30-17-6-7-18(30)12-16(11-17)27-22(31)21-19-10-14(5-8-20(19)28-29-21)13-3-2-4-15(9-13)23(24,25)26/h2-5,9-10,16-18H,6-8,11-12H2,1H3,(H,27,31). The van der Waals surface area contributed by atoms with Crippen LogP contribution >= 0.6 is 0 Å². The lowest BCUT2D eigenvalue weighted by Crippen LogP contribution is -2.50. The Morgan fingerprint density at radius 2 is 1.90 bits per heavy atom. The van der Waals surface area contributed by atoms with Gasteiger partial charge in [0.05, 0.1) is 11.3 Å². The van der Waals surface area contributed by atoms with Crippen molar-refractivity contribution in [1.29, 1.82) is 0 Å². The number of carbonyl (C=O) groups excluding carboxylic acids is 1. The van der Waals surface area contributed by atoms with Crippen LogP contribution in [0.2, 0.25) is 0 Å². The first-order valence-corrected chi connectivity index (χ1v) is 10.6. The molecular weight excluding hydrogens is 405 g/mol. The first kappa shape index (κ1) is 20.2. The number of carbonyl (C=O) groups is 1. The summed E-state index contributed by atoms with van der Waals surface area (Å²) in [7, 11) is 2.15. The molecule has 1 N–H and O–H groups in total. The second kappa shape index (κ2) is 7.44. The quantitative estimate of drug-likeness (QED) is 0.792. The summed E-state index contributed by atoms with van der Waals surface area (Å²) >= 11 is 0. The molecule has 0 spiro atoms. The van der Waals surface area contributed by atoms with Crippen LogP contribution < -0.4 is 5.32 Å². The van der Waals surface area contributed by atoms with Crippen molar-refractivity contribution in [2.45, 2.75) is 56.4 Å². The maximum atomic E-state index is 13.1. The van der Waals surface area contributed by atoms with Gasteiger partial charge in [-0.05, 0) is 62.1 Å². The lowest BCUT2D eigenvalue weighted by molar-refractivity contribution is -0.137. The van der Waals surface area contributed by atoms with Crippen LogP contribution in [0.4, 0.5) is 13.2 Å².